The smallest absolute Gasteiger partial charge is 0.465 e. The van der Waals surface area contributed by atoms with E-state index in [4.69, 9.17) is 5.11 Å². The van der Waals surface area contributed by atoms with Gasteiger partial charge in [-0.15, -0.1) is 13.2 Å². The lowest BCUT2D eigenvalue weighted by Gasteiger charge is -2.37. The summed E-state index contributed by atoms with van der Waals surface area (Å²) >= 11 is 0. The Morgan fingerprint density at radius 1 is 1.00 bits per heavy atom. The second-order valence-electron chi connectivity index (χ2n) is 5.86. The maximum absolute atomic E-state index is 12.0. The molecule has 0 spiro atoms. The van der Waals surface area contributed by atoms with E-state index >= 15 is 0 Å². The van der Waals surface area contributed by atoms with Crippen molar-refractivity contribution in [2.75, 3.05) is 0 Å². The van der Waals surface area contributed by atoms with E-state index in [1.165, 1.54) is 0 Å². The highest BCUT2D eigenvalue weighted by molar-refractivity contribution is 5.79. The predicted octanol–water partition coefficient (Wildman–Crippen LogP) is 2.00. The summed E-state index contributed by atoms with van der Waals surface area (Å²) in [6, 6.07) is -0.399. The first-order chi connectivity index (χ1) is 10.2. The molecule has 0 aromatic heterocycles. The SMILES string of the molecule is O=C(O)N[C@H]1CC[C@H](C(=O)N[C@H]2C[C@@H](OC(F)(F)F)C2)CC1. The number of carbonyl (C=O) groups excluding carboxylic acids is 1. The summed E-state index contributed by atoms with van der Waals surface area (Å²) < 4.78 is 39.8. The molecule has 126 valence electrons. The van der Waals surface area contributed by atoms with Crippen molar-refractivity contribution < 1.29 is 32.6 Å². The van der Waals surface area contributed by atoms with E-state index in [0.29, 0.717) is 25.7 Å². The van der Waals surface area contributed by atoms with Crippen molar-refractivity contribution in [3.05, 3.63) is 0 Å². The van der Waals surface area contributed by atoms with Crippen molar-refractivity contribution in [3.8, 4) is 0 Å². The molecule has 22 heavy (non-hydrogen) atoms. The minimum Gasteiger partial charge on any atom is -0.465 e. The largest absolute Gasteiger partial charge is 0.522 e. The average Bonchev–Trinajstić information content (AvgIpc) is 2.34. The standard InChI is InChI=1S/C13H19F3N2O4/c14-13(15,16)22-10-5-9(6-10)17-11(19)7-1-3-8(4-2-7)18-12(20)21/h7-10,18H,1-6H2,(H,17,19)(H,20,21)/t7-,8-,9-,10+. The lowest BCUT2D eigenvalue weighted by molar-refractivity contribution is -0.351. The molecule has 0 aliphatic heterocycles. The molecule has 0 radical (unpaired) electrons. The molecule has 9 heteroatoms. The van der Waals surface area contributed by atoms with Crippen molar-refractivity contribution in [3.63, 3.8) is 0 Å². The third-order valence-corrected chi connectivity index (χ3v) is 4.17. The number of hydrogen-bond acceptors (Lipinski definition) is 3. The molecule has 0 aromatic rings. The van der Waals surface area contributed by atoms with Gasteiger partial charge in [0.2, 0.25) is 5.91 Å². The summed E-state index contributed by atoms with van der Waals surface area (Å²) in [4.78, 5) is 22.5. The summed E-state index contributed by atoms with van der Waals surface area (Å²) in [7, 11) is 0. The van der Waals surface area contributed by atoms with E-state index in [1.807, 2.05) is 0 Å². The molecule has 2 rings (SSSR count). The van der Waals surface area contributed by atoms with Crippen LogP contribution < -0.4 is 10.6 Å². The van der Waals surface area contributed by atoms with Crippen LogP contribution in [0.25, 0.3) is 0 Å². The van der Waals surface area contributed by atoms with Gasteiger partial charge in [0.1, 0.15) is 0 Å². The fourth-order valence-electron chi connectivity index (χ4n) is 2.96. The zero-order valence-electron chi connectivity index (χ0n) is 11.9. The van der Waals surface area contributed by atoms with Crippen LogP contribution >= 0.6 is 0 Å². The van der Waals surface area contributed by atoms with Gasteiger partial charge < -0.3 is 15.7 Å². The van der Waals surface area contributed by atoms with Crippen molar-refractivity contribution in [2.24, 2.45) is 5.92 Å². The molecule has 2 amide bonds. The number of halogens is 3. The maximum atomic E-state index is 12.0. The van der Waals surface area contributed by atoms with Gasteiger partial charge in [-0.3, -0.25) is 9.53 Å². The highest BCUT2D eigenvalue weighted by Gasteiger charge is 2.41. The summed E-state index contributed by atoms with van der Waals surface area (Å²) in [5, 5.41) is 13.8. The molecule has 0 unspecified atom stereocenters. The number of nitrogens with one attached hydrogen (secondary N) is 2. The Kier molecular flexibility index (Phi) is 5.15. The van der Waals surface area contributed by atoms with E-state index in [0.717, 1.165) is 0 Å². The predicted molar refractivity (Wildman–Crippen MR) is 69.0 cm³/mol. The topological polar surface area (TPSA) is 87.7 Å². The first-order valence-corrected chi connectivity index (χ1v) is 7.27. The summed E-state index contributed by atoms with van der Waals surface area (Å²) in [5.74, 6) is -0.362. The normalized spacial score (nSPS) is 32.0. The van der Waals surface area contributed by atoms with Crippen LogP contribution in [0.5, 0.6) is 0 Å². The molecule has 2 fully saturated rings. The number of hydrogen-bond donors (Lipinski definition) is 3. The highest BCUT2D eigenvalue weighted by atomic mass is 19.4. The number of amides is 2. The van der Waals surface area contributed by atoms with Gasteiger partial charge in [-0.25, -0.2) is 4.79 Å². The van der Waals surface area contributed by atoms with E-state index in [9.17, 15) is 22.8 Å². The van der Waals surface area contributed by atoms with Crippen molar-refractivity contribution in [1.29, 1.82) is 0 Å². The van der Waals surface area contributed by atoms with Gasteiger partial charge in [0.05, 0.1) is 6.10 Å². The summed E-state index contributed by atoms with van der Waals surface area (Å²) in [6.07, 6.45) is -3.90. The van der Waals surface area contributed by atoms with Crippen LogP contribution in [0.2, 0.25) is 0 Å². The second kappa shape index (κ2) is 6.72. The number of carboxylic acid groups (broad SMARTS) is 1. The molecule has 6 nitrogen and oxygen atoms in total. The second-order valence-corrected chi connectivity index (χ2v) is 5.86. The summed E-state index contributed by atoms with van der Waals surface area (Å²) in [6.45, 7) is 0. The van der Waals surface area contributed by atoms with Gasteiger partial charge in [0.15, 0.2) is 0 Å². The van der Waals surface area contributed by atoms with Crippen molar-refractivity contribution >= 4 is 12.0 Å². The number of alkyl halides is 3. The molecule has 0 bridgehead atoms. The fraction of sp³-hybridized carbons (Fsp3) is 0.846. The number of ether oxygens (including phenoxy) is 1. The fourth-order valence-corrected chi connectivity index (χ4v) is 2.96. The molecule has 2 aliphatic rings. The van der Waals surface area contributed by atoms with E-state index in [-0.39, 0.29) is 36.8 Å². The Bertz CT molecular complexity index is 416. The molecule has 0 aromatic carbocycles. The number of rotatable bonds is 4. The van der Waals surface area contributed by atoms with Crippen LogP contribution in [0.1, 0.15) is 38.5 Å². The Morgan fingerprint density at radius 2 is 1.59 bits per heavy atom. The van der Waals surface area contributed by atoms with Gasteiger partial charge >= 0.3 is 12.5 Å². The van der Waals surface area contributed by atoms with E-state index < -0.39 is 18.6 Å². The van der Waals surface area contributed by atoms with Crippen LogP contribution in [0.15, 0.2) is 0 Å². The minimum absolute atomic E-state index is 0.130. The Labute approximate surface area is 125 Å². The van der Waals surface area contributed by atoms with Crippen LogP contribution in [0, 0.1) is 5.92 Å². The first-order valence-electron chi connectivity index (χ1n) is 7.27. The molecule has 2 aliphatic carbocycles. The van der Waals surface area contributed by atoms with Crippen LogP contribution in [-0.2, 0) is 9.53 Å². The van der Waals surface area contributed by atoms with Crippen LogP contribution in [-0.4, -0.2) is 41.7 Å². The van der Waals surface area contributed by atoms with Crippen LogP contribution in [0.3, 0.4) is 0 Å². The van der Waals surface area contributed by atoms with Gasteiger partial charge in [-0.05, 0) is 38.5 Å². The van der Waals surface area contributed by atoms with E-state index in [1.54, 1.807) is 0 Å². The molecule has 2 saturated carbocycles. The van der Waals surface area contributed by atoms with Gasteiger partial charge in [0, 0.05) is 18.0 Å². The number of carbonyl (C=O) groups is 2. The minimum atomic E-state index is -4.63. The van der Waals surface area contributed by atoms with Gasteiger partial charge in [0.25, 0.3) is 0 Å². The maximum Gasteiger partial charge on any atom is 0.522 e. The third kappa shape index (κ3) is 5.04. The molecular weight excluding hydrogens is 305 g/mol. The first kappa shape index (κ1) is 16.9. The highest BCUT2D eigenvalue weighted by Crippen LogP contribution is 2.31. The summed E-state index contributed by atoms with van der Waals surface area (Å²) in [5.41, 5.74) is 0. The zero-order valence-corrected chi connectivity index (χ0v) is 11.9. The van der Waals surface area contributed by atoms with Gasteiger partial charge in [-0.2, -0.15) is 0 Å². The van der Waals surface area contributed by atoms with Crippen molar-refractivity contribution in [1.82, 2.24) is 10.6 Å². The van der Waals surface area contributed by atoms with Crippen LogP contribution in [0.4, 0.5) is 18.0 Å². The molecule has 0 atom stereocenters. The molecular formula is C13H19F3N2O4. The average molecular weight is 324 g/mol. The lowest BCUT2D eigenvalue weighted by Crippen LogP contribution is -2.51. The zero-order chi connectivity index (χ0) is 16.3. The lowest BCUT2D eigenvalue weighted by atomic mass is 9.84. The molecule has 0 saturated heterocycles. The van der Waals surface area contributed by atoms with E-state index in [2.05, 4.69) is 15.4 Å². The van der Waals surface area contributed by atoms with Gasteiger partial charge in [-0.1, -0.05) is 0 Å². The molecule has 0 heterocycles. The molecule has 3 N–H and O–H groups in total. The van der Waals surface area contributed by atoms with Crippen molar-refractivity contribution in [2.45, 2.75) is 63.1 Å². The third-order valence-electron chi connectivity index (χ3n) is 4.17. The monoisotopic (exact) mass is 324 g/mol. The quantitative estimate of drug-likeness (QED) is 0.738. The Morgan fingerprint density at radius 3 is 2.09 bits per heavy atom. The Balaban J connectivity index is 1.64. The Hall–Kier alpha value is -1.51.